The van der Waals surface area contributed by atoms with Gasteiger partial charge in [-0.05, 0) is 0 Å². The van der Waals surface area contributed by atoms with Crippen LogP contribution in [0.25, 0.3) is 10.8 Å². The predicted octanol–water partition coefficient (Wildman–Crippen LogP) is 2.60. The highest BCUT2D eigenvalue weighted by atomic mass is 35.5. The molecular weight excluding hydrogens is 230 g/mol. The Morgan fingerprint density at radius 2 is 2.00 bits per heavy atom. The zero-order valence-corrected chi connectivity index (χ0v) is 9.15. The summed E-state index contributed by atoms with van der Waals surface area (Å²) in [6, 6.07) is 7.09. The number of aromatic carboxylic acids is 1. The van der Waals surface area contributed by atoms with E-state index in [1.807, 2.05) is 0 Å². The molecule has 0 spiro atoms. The van der Waals surface area contributed by atoms with Crippen molar-refractivity contribution in [3.63, 3.8) is 0 Å². The number of fused-ring (bicyclic) bond motifs is 1. The molecule has 0 aliphatic carbocycles. The lowest BCUT2D eigenvalue weighted by atomic mass is 10.1. The summed E-state index contributed by atoms with van der Waals surface area (Å²) >= 11 is 5.91. The molecule has 0 saturated heterocycles. The van der Waals surface area contributed by atoms with Gasteiger partial charge >= 0.3 is 5.97 Å². The fourth-order valence-corrected chi connectivity index (χ4v) is 1.80. The highest BCUT2D eigenvalue weighted by molar-refractivity contribution is 6.34. The number of pyridine rings is 1. The van der Waals surface area contributed by atoms with Crippen LogP contribution in [0.2, 0.25) is 5.15 Å². The van der Waals surface area contributed by atoms with Gasteiger partial charge in [-0.15, -0.1) is 0 Å². The molecule has 1 heterocycles. The molecule has 4 nitrogen and oxygen atoms in total. The van der Waals surface area contributed by atoms with Crippen molar-refractivity contribution in [2.24, 2.45) is 0 Å². The second kappa shape index (κ2) is 3.98. The Hall–Kier alpha value is -1.81. The van der Waals surface area contributed by atoms with Crippen molar-refractivity contribution >= 4 is 28.3 Å². The van der Waals surface area contributed by atoms with E-state index in [0.717, 1.165) is 0 Å². The molecule has 0 bridgehead atoms. The molecule has 5 heteroatoms. The Morgan fingerprint density at radius 3 is 2.56 bits per heavy atom. The van der Waals surface area contributed by atoms with Gasteiger partial charge in [0, 0.05) is 10.8 Å². The molecule has 82 valence electrons. The molecule has 2 rings (SSSR count). The number of carboxylic acid groups (broad SMARTS) is 1. The highest BCUT2D eigenvalue weighted by Gasteiger charge is 2.18. The fourth-order valence-electron chi connectivity index (χ4n) is 1.55. The van der Waals surface area contributed by atoms with Crippen LogP contribution < -0.4 is 4.74 Å². The number of rotatable bonds is 2. The van der Waals surface area contributed by atoms with Gasteiger partial charge in [0.1, 0.15) is 5.15 Å². The van der Waals surface area contributed by atoms with Crippen molar-refractivity contribution in [1.29, 1.82) is 0 Å². The molecule has 0 amide bonds. The van der Waals surface area contributed by atoms with E-state index in [2.05, 4.69) is 4.98 Å². The lowest BCUT2D eigenvalue weighted by Crippen LogP contribution is -2.04. The molecule has 1 aromatic heterocycles. The van der Waals surface area contributed by atoms with E-state index in [1.54, 1.807) is 24.3 Å². The fraction of sp³-hybridized carbons (Fsp3) is 0.0909. The summed E-state index contributed by atoms with van der Waals surface area (Å²) in [4.78, 5) is 14.8. The van der Waals surface area contributed by atoms with Crippen LogP contribution in [0.15, 0.2) is 24.3 Å². The van der Waals surface area contributed by atoms with Crippen LogP contribution in [-0.4, -0.2) is 23.2 Å². The van der Waals surface area contributed by atoms with E-state index in [4.69, 9.17) is 21.4 Å². The molecule has 0 radical (unpaired) electrons. The number of carbonyl (C=O) groups is 1. The number of hydrogen-bond donors (Lipinski definition) is 1. The largest absolute Gasteiger partial charge is 0.494 e. The molecule has 1 aromatic carbocycles. The number of carboxylic acids is 1. The molecule has 0 unspecified atom stereocenters. The molecule has 0 atom stereocenters. The van der Waals surface area contributed by atoms with Crippen LogP contribution in [0.4, 0.5) is 0 Å². The van der Waals surface area contributed by atoms with Gasteiger partial charge in [-0.1, -0.05) is 35.9 Å². The maximum absolute atomic E-state index is 11.0. The number of hydrogen-bond acceptors (Lipinski definition) is 3. The van der Waals surface area contributed by atoms with Gasteiger partial charge in [-0.25, -0.2) is 9.78 Å². The van der Waals surface area contributed by atoms with E-state index in [1.165, 1.54) is 7.11 Å². The minimum Gasteiger partial charge on any atom is -0.494 e. The molecule has 1 N–H and O–H groups in total. The first-order chi connectivity index (χ1) is 7.65. The van der Waals surface area contributed by atoms with Crippen LogP contribution in [-0.2, 0) is 0 Å². The number of nitrogens with zero attached hydrogens (tertiary/aromatic N) is 1. The first-order valence-electron chi connectivity index (χ1n) is 4.50. The first kappa shape index (κ1) is 10.7. The van der Waals surface area contributed by atoms with E-state index in [0.29, 0.717) is 10.8 Å². The topological polar surface area (TPSA) is 59.4 Å². The third-order valence-electron chi connectivity index (χ3n) is 2.23. The minimum absolute atomic E-state index is 0.161. The molecule has 2 aromatic rings. The van der Waals surface area contributed by atoms with E-state index < -0.39 is 5.97 Å². The number of aromatic nitrogens is 1. The van der Waals surface area contributed by atoms with E-state index >= 15 is 0 Å². The quantitative estimate of drug-likeness (QED) is 0.816. The summed E-state index contributed by atoms with van der Waals surface area (Å²) in [7, 11) is 1.41. The third kappa shape index (κ3) is 1.57. The maximum atomic E-state index is 11.0. The normalized spacial score (nSPS) is 10.4. The van der Waals surface area contributed by atoms with Crippen LogP contribution in [0.1, 0.15) is 10.5 Å². The SMILES string of the molecule is COc1c(C(=O)O)nc(Cl)c2ccccc12. The van der Waals surface area contributed by atoms with Gasteiger partial charge in [0.25, 0.3) is 0 Å². The van der Waals surface area contributed by atoms with Crippen molar-refractivity contribution in [2.75, 3.05) is 7.11 Å². The Labute approximate surface area is 96.4 Å². The summed E-state index contributed by atoms with van der Waals surface area (Å²) in [6.45, 7) is 0. The second-order valence-electron chi connectivity index (χ2n) is 3.14. The summed E-state index contributed by atoms with van der Waals surface area (Å²) < 4.78 is 5.07. The predicted molar refractivity (Wildman–Crippen MR) is 60.3 cm³/mol. The smallest absolute Gasteiger partial charge is 0.358 e. The summed E-state index contributed by atoms with van der Waals surface area (Å²) in [6.07, 6.45) is 0. The van der Waals surface area contributed by atoms with Crippen LogP contribution in [0, 0.1) is 0 Å². The van der Waals surface area contributed by atoms with Crippen molar-refractivity contribution in [3.8, 4) is 5.75 Å². The zero-order chi connectivity index (χ0) is 11.7. The molecule has 16 heavy (non-hydrogen) atoms. The Bertz CT molecular complexity index is 568. The average Bonchev–Trinajstić information content (AvgIpc) is 2.29. The van der Waals surface area contributed by atoms with Gasteiger partial charge in [0.2, 0.25) is 0 Å². The molecule has 0 aliphatic rings. The number of methoxy groups -OCH3 is 1. The standard InChI is InChI=1S/C11H8ClNO3/c1-16-9-6-4-2-3-5-7(6)10(12)13-8(9)11(14)15/h2-5H,1H3,(H,14,15). The van der Waals surface area contributed by atoms with Crippen LogP contribution in [0.5, 0.6) is 5.75 Å². The molecule has 0 aliphatic heterocycles. The summed E-state index contributed by atoms with van der Waals surface area (Å²) in [5.74, 6) is -0.933. The van der Waals surface area contributed by atoms with E-state index in [-0.39, 0.29) is 16.6 Å². The third-order valence-corrected chi connectivity index (χ3v) is 2.51. The van der Waals surface area contributed by atoms with Gasteiger partial charge in [-0.3, -0.25) is 0 Å². The van der Waals surface area contributed by atoms with Crippen LogP contribution >= 0.6 is 11.6 Å². The van der Waals surface area contributed by atoms with Gasteiger partial charge in [0.05, 0.1) is 7.11 Å². The number of benzene rings is 1. The molecular formula is C11H8ClNO3. The first-order valence-corrected chi connectivity index (χ1v) is 4.88. The van der Waals surface area contributed by atoms with Gasteiger partial charge < -0.3 is 9.84 Å². The number of ether oxygens (including phenoxy) is 1. The lowest BCUT2D eigenvalue weighted by Gasteiger charge is -2.09. The molecule has 0 saturated carbocycles. The van der Waals surface area contributed by atoms with Crippen LogP contribution in [0.3, 0.4) is 0 Å². The van der Waals surface area contributed by atoms with Crippen molar-refractivity contribution in [3.05, 3.63) is 35.1 Å². The van der Waals surface area contributed by atoms with Crippen molar-refractivity contribution in [1.82, 2.24) is 4.98 Å². The lowest BCUT2D eigenvalue weighted by molar-refractivity contribution is 0.0687. The minimum atomic E-state index is -1.16. The van der Waals surface area contributed by atoms with Gasteiger partial charge in [-0.2, -0.15) is 0 Å². The van der Waals surface area contributed by atoms with E-state index in [9.17, 15) is 4.79 Å². The summed E-state index contributed by atoms with van der Waals surface area (Å²) in [5.41, 5.74) is -0.175. The maximum Gasteiger partial charge on any atom is 0.358 e. The van der Waals surface area contributed by atoms with Crippen molar-refractivity contribution in [2.45, 2.75) is 0 Å². The molecule has 0 fully saturated rings. The summed E-state index contributed by atoms with van der Waals surface area (Å²) in [5, 5.41) is 10.5. The van der Waals surface area contributed by atoms with Gasteiger partial charge in [0.15, 0.2) is 11.4 Å². The zero-order valence-electron chi connectivity index (χ0n) is 8.40. The highest BCUT2D eigenvalue weighted by Crippen LogP contribution is 2.32. The second-order valence-corrected chi connectivity index (χ2v) is 3.49. The average molecular weight is 238 g/mol. The number of halogens is 1. The Kier molecular flexibility index (Phi) is 2.66. The Morgan fingerprint density at radius 1 is 1.38 bits per heavy atom. The monoisotopic (exact) mass is 237 g/mol. The Balaban J connectivity index is 2.90. The van der Waals surface area contributed by atoms with Crippen molar-refractivity contribution < 1.29 is 14.6 Å².